The number of ether oxygens (including phenoxy) is 1. The van der Waals surface area contributed by atoms with Crippen molar-refractivity contribution in [3.8, 4) is 5.75 Å². The number of carbonyl (C=O) groups is 1. The molecular formula is C18H29N3O2. The van der Waals surface area contributed by atoms with Crippen molar-refractivity contribution < 1.29 is 9.53 Å². The molecule has 0 saturated heterocycles. The smallest absolute Gasteiger partial charge is 0.256 e. The van der Waals surface area contributed by atoms with Gasteiger partial charge in [-0.25, -0.2) is 5.84 Å². The van der Waals surface area contributed by atoms with Gasteiger partial charge in [-0.2, -0.15) is 0 Å². The van der Waals surface area contributed by atoms with E-state index >= 15 is 0 Å². The Kier molecular flexibility index (Phi) is 4.90. The average molecular weight is 319 g/mol. The first kappa shape index (κ1) is 17.6. The molecule has 1 aromatic carbocycles. The zero-order chi connectivity index (χ0) is 17.4. The quantitative estimate of drug-likeness (QED) is 0.509. The molecule has 23 heavy (non-hydrogen) atoms. The van der Waals surface area contributed by atoms with Gasteiger partial charge in [0.15, 0.2) is 0 Å². The molecule has 1 amide bonds. The summed E-state index contributed by atoms with van der Waals surface area (Å²) in [5.41, 5.74) is 4.50. The van der Waals surface area contributed by atoms with Crippen LogP contribution in [0, 0.1) is 5.92 Å². The van der Waals surface area contributed by atoms with Crippen LogP contribution >= 0.6 is 0 Å². The van der Waals surface area contributed by atoms with Gasteiger partial charge in [-0.3, -0.25) is 10.2 Å². The number of hydrogen-bond acceptors (Lipinski definition) is 4. The van der Waals surface area contributed by atoms with Gasteiger partial charge in [0.05, 0.1) is 7.11 Å². The van der Waals surface area contributed by atoms with Gasteiger partial charge in [0, 0.05) is 17.3 Å². The minimum absolute atomic E-state index is 0.130. The molecule has 3 N–H and O–H groups in total. The first-order valence-corrected chi connectivity index (χ1v) is 8.20. The summed E-state index contributed by atoms with van der Waals surface area (Å²) in [7, 11) is 1.66. The standard InChI is InChI=1S/C18H29N3O2/c1-11(2)16(17(22)20-19)21-15-9-13(23-6)7-8-14(15)12(3)10-18(21,4)5/h7-9,11-12,16H,10,19H2,1-6H3,(H,20,22)/t12-,16-/m1/s1. The van der Waals surface area contributed by atoms with Gasteiger partial charge >= 0.3 is 0 Å². The van der Waals surface area contributed by atoms with E-state index in [0.29, 0.717) is 5.92 Å². The molecule has 0 spiro atoms. The van der Waals surface area contributed by atoms with Crippen LogP contribution in [0.25, 0.3) is 0 Å². The summed E-state index contributed by atoms with van der Waals surface area (Å²) in [6.07, 6.45) is 0.980. The summed E-state index contributed by atoms with van der Waals surface area (Å²) in [5, 5.41) is 0. The zero-order valence-electron chi connectivity index (χ0n) is 15.0. The molecule has 0 aromatic heterocycles. The van der Waals surface area contributed by atoms with E-state index in [9.17, 15) is 4.79 Å². The number of nitrogens with one attached hydrogen (secondary N) is 1. The SMILES string of the molecule is COc1ccc2c(c1)N([C@@H](C(=O)NN)C(C)C)C(C)(C)C[C@H]2C. The van der Waals surface area contributed by atoms with E-state index in [2.05, 4.69) is 37.2 Å². The number of fused-ring (bicyclic) bond motifs is 1. The Labute approximate surface area is 139 Å². The maximum Gasteiger partial charge on any atom is 0.256 e. The molecule has 0 radical (unpaired) electrons. The van der Waals surface area contributed by atoms with Crippen LogP contribution < -0.4 is 20.9 Å². The predicted molar refractivity (Wildman–Crippen MR) is 93.5 cm³/mol. The van der Waals surface area contributed by atoms with Gasteiger partial charge in [-0.05, 0) is 43.7 Å². The van der Waals surface area contributed by atoms with Gasteiger partial charge in [-0.1, -0.05) is 26.8 Å². The van der Waals surface area contributed by atoms with E-state index in [-0.39, 0.29) is 23.4 Å². The fourth-order valence-electron chi connectivity index (χ4n) is 3.89. The Balaban J connectivity index is 2.64. The van der Waals surface area contributed by atoms with E-state index in [1.807, 2.05) is 26.0 Å². The van der Waals surface area contributed by atoms with E-state index in [1.54, 1.807) is 7.11 Å². The molecule has 1 aliphatic rings. The van der Waals surface area contributed by atoms with Crippen LogP contribution in [0.3, 0.4) is 0 Å². The molecule has 128 valence electrons. The molecule has 2 atom stereocenters. The Morgan fingerprint density at radius 1 is 1.43 bits per heavy atom. The maximum atomic E-state index is 12.5. The van der Waals surface area contributed by atoms with Crippen LogP contribution in [-0.2, 0) is 4.79 Å². The Morgan fingerprint density at radius 3 is 2.61 bits per heavy atom. The largest absolute Gasteiger partial charge is 0.497 e. The predicted octanol–water partition coefficient (Wildman–Crippen LogP) is 2.80. The number of nitrogens with two attached hydrogens (primary N) is 1. The van der Waals surface area contributed by atoms with Gasteiger partial charge < -0.3 is 9.64 Å². The third-order valence-corrected chi connectivity index (χ3v) is 4.81. The number of methoxy groups -OCH3 is 1. The normalized spacial score (nSPS) is 20.9. The Morgan fingerprint density at radius 2 is 2.09 bits per heavy atom. The number of hydrazine groups is 1. The Bertz CT molecular complexity index is 584. The Hall–Kier alpha value is -1.75. The number of nitrogens with zero attached hydrogens (tertiary/aromatic N) is 1. The molecule has 1 heterocycles. The second-order valence-electron chi connectivity index (χ2n) is 7.41. The van der Waals surface area contributed by atoms with E-state index in [4.69, 9.17) is 10.6 Å². The van der Waals surface area contributed by atoms with Crippen molar-refractivity contribution in [1.82, 2.24) is 5.43 Å². The molecule has 1 aromatic rings. The van der Waals surface area contributed by atoms with Crippen molar-refractivity contribution in [1.29, 1.82) is 0 Å². The minimum Gasteiger partial charge on any atom is -0.497 e. The highest BCUT2D eigenvalue weighted by molar-refractivity contribution is 5.86. The van der Waals surface area contributed by atoms with Crippen molar-refractivity contribution >= 4 is 11.6 Å². The number of hydrogen-bond donors (Lipinski definition) is 2. The van der Waals surface area contributed by atoms with E-state index in [1.165, 1.54) is 5.56 Å². The molecule has 1 aliphatic heterocycles. The number of anilines is 1. The summed E-state index contributed by atoms with van der Waals surface area (Å²) in [5.74, 6) is 6.66. The summed E-state index contributed by atoms with van der Waals surface area (Å²) >= 11 is 0. The number of carbonyl (C=O) groups excluding carboxylic acids is 1. The van der Waals surface area contributed by atoms with Crippen LogP contribution in [0.2, 0.25) is 0 Å². The molecule has 0 unspecified atom stereocenters. The molecule has 5 nitrogen and oxygen atoms in total. The first-order chi connectivity index (χ1) is 10.7. The highest BCUT2D eigenvalue weighted by atomic mass is 16.5. The van der Waals surface area contributed by atoms with Crippen molar-refractivity contribution in [2.45, 2.75) is 58.5 Å². The van der Waals surface area contributed by atoms with Gasteiger partial charge in [0.1, 0.15) is 11.8 Å². The molecule has 0 aliphatic carbocycles. The molecule has 5 heteroatoms. The van der Waals surface area contributed by atoms with Crippen molar-refractivity contribution in [3.63, 3.8) is 0 Å². The lowest BCUT2D eigenvalue weighted by molar-refractivity contribution is -0.123. The summed E-state index contributed by atoms with van der Waals surface area (Å²) in [4.78, 5) is 14.7. The van der Waals surface area contributed by atoms with Crippen LogP contribution in [0.1, 0.15) is 52.5 Å². The summed E-state index contributed by atoms with van der Waals surface area (Å²) in [6, 6.07) is 5.80. The molecule has 0 bridgehead atoms. The molecule has 0 fully saturated rings. The zero-order valence-corrected chi connectivity index (χ0v) is 15.0. The second kappa shape index (κ2) is 6.40. The minimum atomic E-state index is -0.326. The lowest BCUT2D eigenvalue weighted by atomic mass is 9.78. The van der Waals surface area contributed by atoms with Crippen molar-refractivity contribution in [2.24, 2.45) is 11.8 Å². The third kappa shape index (κ3) is 3.15. The van der Waals surface area contributed by atoms with Crippen LogP contribution in [-0.4, -0.2) is 24.6 Å². The summed E-state index contributed by atoms with van der Waals surface area (Å²) < 4.78 is 5.41. The molecule has 0 saturated carbocycles. The van der Waals surface area contributed by atoms with E-state index < -0.39 is 0 Å². The fourth-order valence-corrected chi connectivity index (χ4v) is 3.89. The topological polar surface area (TPSA) is 67.6 Å². The van der Waals surface area contributed by atoms with Gasteiger partial charge in [0.25, 0.3) is 5.91 Å². The summed E-state index contributed by atoms with van der Waals surface area (Å²) in [6.45, 7) is 10.7. The van der Waals surface area contributed by atoms with Gasteiger partial charge in [-0.15, -0.1) is 0 Å². The third-order valence-electron chi connectivity index (χ3n) is 4.81. The maximum absolute atomic E-state index is 12.5. The van der Waals surface area contributed by atoms with Crippen molar-refractivity contribution in [3.05, 3.63) is 23.8 Å². The van der Waals surface area contributed by atoms with Crippen molar-refractivity contribution in [2.75, 3.05) is 12.0 Å². The fraction of sp³-hybridized carbons (Fsp3) is 0.611. The number of rotatable bonds is 4. The van der Waals surface area contributed by atoms with Crippen LogP contribution in [0.15, 0.2) is 18.2 Å². The number of benzene rings is 1. The average Bonchev–Trinajstić information content (AvgIpc) is 2.49. The number of amides is 1. The second-order valence-corrected chi connectivity index (χ2v) is 7.41. The lowest BCUT2D eigenvalue weighted by Crippen LogP contribution is -2.61. The highest BCUT2D eigenvalue weighted by Gasteiger charge is 2.43. The van der Waals surface area contributed by atoms with Crippen LogP contribution in [0.4, 0.5) is 5.69 Å². The van der Waals surface area contributed by atoms with E-state index in [0.717, 1.165) is 17.9 Å². The van der Waals surface area contributed by atoms with Gasteiger partial charge in [0.2, 0.25) is 0 Å². The molecular weight excluding hydrogens is 290 g/mol. The van der Waals surface area contributed by atoms with Crippen LogP contribution in [0.5, 0.6) is 5.75 Å². The monoisotopic (exact) mass is 319 g/mol. The molecule has 2 rings (SSSR count). The highest BCUT2D eigenvalue weighted by Crippen LogP contribution is 2.46. The lowest BCUT2D eigenvalue weighted by Gasteiger charge is -2.51. The first-order valence-electron chi connectivity index (χ1n) is 8.20.